The average molecular weight is 288 g/mol. The third kappa shape index (κ3) is 3.27. The number of nitrogens with two attached hydrogens (primary N) is 1. The Kier molecular flexibility index (Phi) is 3.96. The van der Waals surface area contributed by atoms with Crippen LogP contribution in [-0.4, -0.2) is 30.5 Å². The maximum Gasteiger partial charge on any atom is 0.243 e. The van der Waals surface area contributed by atoms with Crippen LogP contribution in [0.1, 0.15) is 32.6 Å². The highest BCUT2D eigenvalue weighted by Gasteiger charge is 2.20. The number of anilines is 2. The number of hydrogen-bond donors (Lipinski definition) is 3. The molecule has 4 N–H and O–H groups in total. The topological polar surface area (TPSA) is 107 Å². The number of rotatable bonds is 4. The van der Waals surface area contributed by atoms with Gasteiger partial charge in [-0.25, -0.2) is 10.8 Å². The second-order valence-corrected chi connectivity index (χ2v) is 5.51. The fourth-order valence-electron chi connectivity index (χ4n) is 2.73. The first-order chi connectivity index (χ1) is 10.2. The molecule has 2 atom stereocenters. The van der Waals surface area contributed by atoms with Crippen molar-refractivity contribution in [2.45, 2.75) is 38.6 Å². The molecule has 0 amide bonds. The van der Waals surface area contributed by atoms with Crippen LogP contribution in [0.25, 0.3) is 5.95 Å². The van der Waals surface area contributed by atoms with Crippen molar-refractivity contribution in [2.75, 3.05) is 10.7 Å². The van der Waals surface area contributed by atoms with Crippen molar-refractivity contribution in [1.82, 2.24) is 24.5 Å². The highest BCUT2D eigenvalue weighted by molar-refractivity contribution is 5.38. The normalized spacial score (nSPS) is 22.0. The maximum absolute atomic E-state index is 5.44. The van der Waals surface area contributed by atoms with Gasteiger partial charge in [-0.3, -0.25) is 9.99 Å². The Balaban J connectivity index is 1.82. The van der Waals surface area contributed by atoms with Crippen molar-refractivity contribution in [1.29, 1.82) is 0 Å². The van der Waals surface area contributed by atoms with Crippen LogP contribution in [0.2, 0.25) is 0 Å². The number of aromatic nitrogens is 5. The second-order valence-electron chi connectivity index (χ2n) is 5.51. The van der Waals surface area contributed by atoms with Gasteiger partial charge in [0.15, 0.2) is 0 Å². The molecule has 112 valence electrons. The zero-order valence-electron chi connectivity index (χ0n) is 12.0. The third-order valence-corrected chi connectivity index (χ3v) is 3.76. The van der Waals surface area contributed by atoms with Gasteiger partial charge in [0.25, 0.3) is 0 Å². The molecule has 21 heavy (non-hydrogen) atoms. The molecule has 2 aromatic rings. The Morgan fingerprint density at radius 3 is 2.81 bits per heavy atom. The van der Waals surface area contributed by atoms with Crippen molar-refractivity contribution in [3.05, 3.63) is 18.7 Å². The summed E-state index contributed by atoms with van der Waals surface area (Å²) in [5, 5.41) is 3.40. The molecule has 2 aromatic heterocycles. The average Bonchev–Trinajstić information content (AvgIpc) is 3.01. The van der Waals surface area contributed by atoms with Gasteiger partial charge >= 0.3 is 0 Å². The summed E-state index contributed by atoms with van der Waals surface area (Å²) in [4.78, 5) is 16.9. The van der Waals surface area contributed by atoms with Gasteiger partial charge in [-0.15, -0.1) is 0 Å². The van der Waals surface area contributed by atoms with Crippen LogP contribution in [0.4, 0.5) is 11.9 Å². The van der Waals surface area contributed by atoms with Crippen molar-refractivity contribution in [3.8, 4) is 5.95 Å². The first-order valence-electron chi connectivity index (χ1n) is 7.22. The molecular weight excluding hydrogens is 268 g/mol. The molecule has 1 fully saturated rings. The summed E-state index contributed by atoms with van der Waals surface area (Å²) in [6.45, 7) is 2.28. The Morgan fingerprint density at radius 2 is 2.10 bits per heavy atom. The quantitative estimate of drug-likeness (QED) is 0.575. The predicted octanol–water partition coefficient (Wildman–Crippen LogP) is 1.33. The zero-order valence-corrected chi connectivity index (χ0v) is 12.0. The van der Waals surface area contributed by atoms with Crippen LogP contribution >= 0.6 is 0 Å². The van der Waals surface area contributed by atoms with E-state index in [4.69, 9.17) is 5.84 Å². The Bertz CT molecular complexity index is 582. The highest BCUT2D eigenvalue weighted by Crippen LogP contribution is 2.25. The molecule has 2 heterocycles. The Labute approximate surface area is 123 Å². The number of imidazole rings is 1. The first kappa shape index (κ1) is 13.7. The van der Waals surface area contributed by atoms with Crippen LogP contribution < -0.4 is 16.6 Å². The molecule has 3 rings (SSSR count). The molecule has 0 spiro atoms. The van der Waals surface area contributed by atoms with E-state index in [1.54, 1.807) is 23.3 Å². The van der Waals surface area contributed by atoms with E-state index in [2.05, 4.69) is 37.6 Å². The molecule has 1 aliphatic rings. The van der Waals surface area contributed by atoms with Gasteiger partial charge in [0.1, 0.15) is 6.33 Å². The molecule has 8 nitrogen and oxygen atoms in total. The summed E-state index contributed by atoms with van der Waals surface area (Å²) in [5.74, 6) is 7.54. The van der Waals surface area contributed by atoms with Crippen molar-refractivity contribution in [3.63, 3.8) is 0 Å². The molecule has 2 unspecified atom stereocenters. The summed E-state index contributed by atoms with van der Waals surface area (Å²) in [7, 11) is 0. The predicted molar refractivity (Wildman–Crippen MR) is 79.8 cm³/mol. The van der Waals surface area contributed by atoms with E-state index < -0.39 is 0 Å². The van der Waals surface area contributed by atoms with Crippen molar-refractivity contribution < 1.29 is 0 Å². The van der Waals surface area contributed by atoms with E-state index in [-0.39, 0.29) is 0 Å². The van der Waals surface area contributed by atoms with Gasteiger partial charge in [0.2, 0.25) is 17.8 Å². The fraction of sp³-hybridized carbons (Fsp3) is 0.538. The fourth-order valence-corrected chi connectivity index (χ4v) is 2.73. The summed E-state index contributed by atoms with van der Waals surface area (Å²) in [6, 6.07) is 0.400. The van der Waals surface area contributed by atoms with E-state index in [0.717, 1.165) is 18.8 Å². The van der Waals surface area contributed by atoms with Gasteiger partial charge in [0.05, 0.1) is 0 Å². The molecule has 0 aromatic carbocycles. The van der Waals surface area contributed by atoms with Crippen LogP contribution in [0, 0.1) is 5.92 Å². The Hall–Kier alpha value is -2.22. The van der Waals surface area contributed by atoms with Gasteiger partial charge in [-0.05, 0) is 18.8 Å². The maximum atomic E-state index is 5.44. The van der Waals surface area contributed by atoms with E-state index in [9.17, 15) is 0 Å². The molecular formula is C13H20N8. The minimum Gasteiger partial charge on any atom is -0.351 e. The van der Waals surface area contributed by atoms with Crippen LogP contribution in [0.3, 0.4) is 0 Å². The van der Waals surface area contributed by atoms with Gasteiger partial charge in [-0.1, -0.05) is 19.8 Å². The number of nitrogens with zero attached hydrogens (tertiary/aromatic N) is 5. The molecule has 0 radical (unpaired) electrons. The summed E-state index contributed by atoms with van der Waals surface area (Å²) < 4.78 is 1.72. The molecule has 1 saturated carbocycles. The van der Waals surface area contributed by atoms with Crippen LogP contribution in [0.5, 0.6) is 0 Å². The minimum atomic E-state index is 0.333. The highest BCUT2D eigenvalue weighted by atomic mass is 15.4. The van der Waals surface area contributed by atoms with Crippen molar-refractivity contribution >= 4 is 11.9 Å². The summed E-state index contributed by atoms with van der Waals surface area (Å²) >= 11 is 0. The Morgan fingerprint density at radius 1 is 1.24 bits per heavy atom. The van der Waals surface area contributed by atoms with E-state index in [1.165, 1.54) is 12.8 Å². The first-order valence-corrected chi connectivity index (χ1v) is 7.22. The van der Waals surface area contributed by atoms with Gasteiger partial charge < -0.3 is 5.32 Å². The second kappa shape index (κ2) is 6.04. The number of hydrazine groups is 1. The summed E-state index contributed by atoms with van der Waals surface area (Å²) in [6.07, 6.45) is 9.91. The van der Waals surface area contributed by atoms with Crippen LogP contribution in [-0.2, 0) is 0 Å². The molecule has 0 bridgehead atoms. The van der Waals surface area contributed by atoms with Crippen molar-refractivity contribution in [2.24, 2.45) is 11.8 Å². The van der Waals surface area contributed by atoms with E-state index >= 15 is 0 Å². The lowest BCUT2D eigenvalue weighted by atomic mass is 9.87. The summed E-state index contributed by atoms with van der Waals surface area (Å²) in [5.41, 5.74) is 2.48. The van der Waals surface area contributed by atoms with Gasteiger partial charge in [-0.2, -0.15) is 15.0 Å². The van der Waals surface area contributed by atoms with E-state index in [0.29, 0.717) is 23.9 Å². The monoisotopic (exact) mass is 288 g/mol. The molecule has 8 heteroatoms. The molecule has 0 saturated heterocycles. The standard InChI is InChI=1S/C13H20N8/c1-9-3-2-4-10(7-9)16-11-17-12(20-14)19-13(18-11)21-6-5-15-8-21/h5-6,8-10H,2-4,7,14H2,1H3,(H2,16,17,18,19,20). The number of nitrogens with one attached hydrogen (secondary N) is 2. The minimum absolute atomic E-state index is 0.333. The lowest BCUT2D eigenvalue weighted by Crippen LogP contribution is -2.27. The molecule has 1 aliphatic carbocycles. The lowest BCUT2D eigenvalue weighted by Gasteiger charge is -2.27. The van der Waals surface area contributed by atoms with Gasteiger partial charge in [0, 0.05) is 18.4 Å². The van der Waals surface area contributed by atoms with Crippen LogP contribution in [0.15, 0.2) is 18.7 Å². The zero-order chi connectivity index (χ0) is 14.7. The number of hydrogen-bond acceptors (Lipinski definition) is 7. The third-order valence-electron chi connectivity index (χ3n) is 3.76. The largest absolute Gasteiger partial charge is 0.351 e. The molecule has 0 aliphatic heterocycles. The smallest absolute Gasteiger partial charge is 0.243 e. The lowest BCUT2D eigenvalue weighted by molar-refractivity contribution is 0.357. The van der Waals surface area contributed by atoms with E-state index in [1.807, 2.05) is 0 Å². The number of nitrogen functional groups attached to an aromatic ring is 1. The SMILES string of the molecule is CC1CCCC(Nc2nc(NN)nc(-n3ccnc3)n2)C1.